The molecule has 0 aromatic heterocycles. The number of hydrogen-bond acceptors (Lipinski definition) is 5. The summed E-state index contributed by atoms with van der Waals surface area (Å²) in [5.41, 5.74) is 0.997. The van der Waals surface area contributed by atoms with Crippen LogP contribution in [-0.2, 0) is 20.9 Å². The molecular formula is C27H38BrN3O4S. The first-order valence-electron chi connectivity index (χ1n) is 13.1. The Hall–Kier alpha value is -1.58. The van der Waals surface area contributed by atoms with Crippen LogP contribution >= 0.6 is 27.7 Å². The first-order valence-corrected chi connectivity index (χ1v) is 14.9. The van der Waals surface area contributed by atoms with Gasteiger partial charge in [-0.1, -0.05) is 73.5 Å². The fourth-order valence-corrected chi connectivity index (χ4v) is 9.87. The highest BCUT2D eigenvalue weighted by Gasteiger charge is 2.76. The Morgan fingerprint density at radius 3 is 2.58 bits per heavy atom. The number of thioether (sulfide) groups is 1. The van der Waals surface area contributed by atoms with Crippen molar-refractivity contribution < 1.29 is 19.5 Å². The zero-order chi connectivity index (χ0) is 26.0. The molecule has 7 nitrogen and oxygen atoms in total. The van der Waals surface area contributed by atoms with Gasteiger partial charge in [0.2, 0.25) is 17.7 Å². The summed E-state index contributed by atoms with van der Waals surface area (Å²) in [6.45, 7) is 6.91. The van der Waals surface area contributed by atoms with Gasteiger partial charge in [-0.25, -0.2) is 0 Å². The van der Waals surface area contributed by atoms with E-state index in [1.165, 1.54) is 0 Å². The maximum Gasteiger partial charge on any atom is 0.244 e. The molecular weight excluding hydrogens is 542 g/mol. The third-order valence-electron chi connectivity index (χ3n) is 7.76. The summed E-state index contributed by atoms with van der Waals surface area (Å²) in [7, 11) is 0. The molecule has 1 aromatic carbocycles. The molecule has 3 saturated heterocycles. The van der Waals surface area contributed by atoms with E-state index in [9.17, 15) is 19.5 Å². The van der Waals surface area contributed by atoms with E-state index in [4.69, 9.17) is 0 Å². The lowest BCUT2D eigenvalue weighted by atomic mass is 9.70. The molecule has 9 heteroatoms. The summed E-state index contributed by atoms with van der Waals surface area (Å²) in [4.78, 5) is 43.1. The van der Waals surface area contributed by atoms with Crippen LogP contribution in [0.4, 0.5) is 0 Å². The average Bonchev–Trinajstić information content (AvgIpc) is 3.45. The number of carbonyl (C=O) groups is 3. The molecule has 3 amide bonds. The van der Waals surface area contributed by atoms with Crippen molar-refractivity contribution >= 4 is 45.4 Å². The maximum absolute atomic E-state index is 14.1. The molecule has 0 radical (unpaired) electrons. The Morgan fingerprint density at radius 1 is 1.22 bits per heavy atom. The number of rotatable bonds is 11. The lowest BCUT2D eigenvalue weighted by Crippen LogP contribution is -2.57. The smallest absolute Gasteiger partial charge is 0.244 e. The topological polar surface area (TPSA) is 98.7 Å². The minimum atomic E-state index is -0.704. The molecule has 4 rings (SSSR count). The maximum atomic E-state index is 14.1. The summed E-state index contributed by atoms with van der Waals surface area (Å²) in [5.74, 6) is -1.34. The molecule has 0 aliphatic carbocycles. The Kier molecular flexibility index (Phi) is 8.72. The van der Waals surface area contributed by atoms with Gasteiger partial charge in [-0.05, 0) is 30.7 Å². The molecule has 2 bridgehead atoms. The van der Waals surface area contributed by atoms with Gasteiger partial charge < -0.3 is 20.6 Å². The first kappa shape index (κ1) is 27.5. The highest BCUT2D eigenvalue weighted by Crippen LogP contribution is 2.68. The van der Waals surface area contributed by atoms with E-state index >= 15 is 0 Å². The van der Waals surface area contributed by atoms with Gasteiger partial charge in [-0.3, -0.25) is 14.4 Å². The number of aliphatic hydroxyl groups excluding tert-OH is 1. The van der Waals surface area contributed by atoms with Gasteiger partial charge in [0.1, 0.15) is 6.04 Å². The first-order chi connectivity index (χ1) is 17.2. The van der Waals surface area contributed by atoms with Gasteiger partial charge in [0.15, 0.2) is 0 Å². The standard InChI is InChI=1S/C27H38BrN3O4S/c1-4-5-11-29-25(34)23-27-13-19(28)22(36-27)20(24(33)30-14-17-9-7-6-8-10-17)21(27)26(35)31(23)18(15-32)12-16(2)3/h6-10,16,18-23,32H,4-5,11-15H2,1-3H3,(H,29,34)(H,30,33)/t18-,19?,20-,21+,22-,23?,27?/m1/s1. The number of fused-ring (bicyclic) bond motifs is 1. The number of likely N-dealkylation sites (tertiary alicyclic amines) is 1. The minimum absolute atomic E-state index is 0.0302. The third-order valence-corrected chi connectivity index (χ3v) is 11.0. The van der Waals surface area contributed by atoms with Crippen molar-refractivity contribution in [1.29, 1.82) is 0 Å². The molecule has 198 valence electrons. The Labute approximate surface area is 226 Å². The number of carbonyl (C=O) groups excluding carboxylic acids is 3. The fourth-order valence-electron chi connectivity index (χ4n) is 6.27. The molecule has 3 heterocycles. The summed E-state index contributed by atoms with van der Waals surface area (Å²) < 4.78 is -0.689. The summed E-state index contributed by atoms with van der Waals surface area (Å²) in [6.07, 6.45) is 3.06. The summed E-state index contributed by atoms with van der Waals surface area (Å²) in [6, 6.07) is 8.56. The van der Waals surface area contributed by atoms with Crippen LogP contribution in [0.15, 0.2) is 30.3 Å². The van der Waals surface area contributed by atoms with E-state index in [1.54, 1.807) is 16.7 Å². The molecule has 3 fully saturated rings. The van der Waals surface area contributed by atoms with Crippen LogP contribution in [0, 0.1) is 17.8 Å². The number of hydrogen-bond donors (Lipinski definition) is 3. The lowest BCUT2D eigenvalue weighted by molar-refractivity contribution is -0.143. The largest absolute Gasteiger partial charge is 0.394 e. The SMILES string of the molecule is CCCCNC(=O)C1N([C@@H](CO)CC(C)C)C(=O)[C@@H]2[C@@H](C(=O)NCc3ccccc3)[C@@H]3SC12CC3Br. The number of benzene rings is 1. The second-order valence-electron chi connectivity index (χ2n) is 10.7. The average molecular weight is 581 g/mol. The second kappa shape index (κ2) is 11.4. The van der Waals surface area contributed by atoms with Crippen molar-refractivity contribution in [3.8, 4) is 0 Å². The van der Waals surface area contributed by atoms with Gasteiger partial charge in [0, 0.05) is 23.2 Å². The highest BCUT2D eigenvalue weighted by molar-refractivity contribution is 9.09. The van der Waals surface area contributed by atoms with Crippen molar-refractivity contribution in [2.45, 2.75) is 79.9 Å². The molecule has 1 spiro atoms. The van der Waals surface area contributed by atoms with Crippen LogP contribution in [0.25, 0.3) is 0 Å². The Balaban J connectivity index is 1.66. The predicted octanol–water partition coefficient (Wildman–Crippen LogP) is 3.09. The zero-order valence-corrected chi connectivity index (χ0v) is 23.7. The van der Waals surface area contributed by atoms with Crippen molar-refractivity contribution in [2.24, 2.45) is 17.8 Å². The van der Waals surface area contributed by atoms with Crippen LogP contribution in [0.3, 0.4) is 0 Å². The highest BCUT2D eigenvalue weighted by atomic mass is 79.9. The number of unbranched alkanes of at least 4 members (excludes halogenated alkanes) is 1. The van der Waals surface area contributed by atoms with Crippen molar-refractivity contribution in [3.05, 3.63) is 35.9 Å². The number of nitrogens with one attached hydrogen (secondary N) is 2. The third kappa shape index (κ3) is 4.95. The molecule has 1 aromatic rings. The van der Waals surface area contributed by atoms with Crippen LogP contribution in [-0.4, -0.2) is 67.8 Å². The predicted molar refractivity (Wildman–Crippen MR) is 146 cm³/mol. The van der Waals surface area contributed by atoms with E-state index in [1.807, 2.05) is 44.2 Å². The Morgan fingerprint density at radius 2 is 1.94 bits per heavy atom. The molecule has 0 saturated carbocycles. The normalized spacial score (nSPS) is 31.6. The van der Waals surface area contributed by atoms with Crippen LogP contribution < -0.4 is 10.6 Å². The number of amides is 3. The summed E-state index contributed by atoms with van der Waals surface area (Å²) in [5, 5.41) is 16.3. The van der Waals surface area contributed by atoms with Crippen LogP contribution in [0.5, 0.6) is 0 Å². The van der Waals surface area contributed by atoms with Gasteiger partial charge in [-0.15, -0.1) is 11.8 Å². The Bertz CT molecular complexity index is 964. The van der Waals surface area contributed by atoms with Crippen LogP contribution in [0.2, 0.25) is 0 Å². The molecule has 3 aliphatic rings. The van der Waals surface area contributed by atoms with Gasteiger partial charge in [0.25, 0.3) is 0 Å². The lowest BCUT2D eigenvalue weighted by Gasteiger charge is -2.37. The van der Waals surface area contributed by atoms with E-state index in [2.05, 4.69) is 33.5 Å². The molecule has 3 aliphatic heterocycles. The number of alkyl halides is 1. The molecule has 7 atom stereocenters. The summed E-state index contributed by atoms with van der Waals surface area (Å²) >= 11 is 5.43. The number of halogens is 1. The molecule has 36 heavy (non-hydrogen) atoms. The number of nitrogens with zero attached hydrogens (tertiary/aromatic N) is 1. The fraction of sp³-hybridized carbons (Fsp3) is 0.667. The number of aliphatic hydroxyl groups is 1. The van der Waals surface area contributed by atoms with E-state index in [-0.39, 0.29) is 40.3 Å². The van der Waals surface area contributed by atoms with Gasteiger partial charge >= 0.3 is 0 Å². The zero-order valence-electron chi connectivity index (χ0n) is 21.3. The van der Waals surface area contributed by atoms with Crippen molar-refractivity contribution in [2.75, 3.05) is 13.2 Å². The van der Waals surface area contributed by atoms with E-state index in [0.717, 1.165) is 18.4 Å². The quantitative estimate of drug-likeness (QED) is 0.276. The molecule has 3 unspecified atom stereocenters. The van der Waals surface area contributed by atoms with Crippen molar-refractivity contribution in [1.82, 2.24) is 15.5 Å². The van der Waals surface area contributed by atoms with E-state index in [0.29, 0.717) is 25.9 Å². The van der Waals surface area contributed by atoms with Gasteiger partial charge in [0.05, 0.1) is 29.2 Å². The van der Waals surface area contributed by atoms with Crippen LogP contribution in [0.1, 0.15) is 52.0 Å². The van der Waals surface area contributed by atoms with Gasteiger partial charge in [-0.2, -0.15) is 0 Å². The second-order valence-corrected chi connectivity index (χ2v) is 13.4. The monoisotopic (exact) mass is 579 g/mol. The minimum Gasteiger partial charge on any atom is -0.394 e. The molecule has 3 N–H and O–H groups in total. The van der Waals surface area contributed by atoms with E-state index < -0.39 is 28.7 Å². The van der Waals surface area contributed by atoms with Crippen molar-refractivity contribution in [3.63, 3.8) is 0 Å².